The Morgan fingerprint density at radius 1 is 1.31 bits per heavy atom. The molecule has 0 spiro atoms. The maximum atomic E-state index is 14.0. The summed E-state index contributed by atoms with van der Waals surface area (Å²) in [7, 11) is 0. The number of carbonyl (C=O) groups excluding carboxylic acids is 1. The normalized spacial score (nSPS) is 11.1. The number of hydrogen-bond donors (Lipinski definition) is 2. The van der Waals surface area contributed by atoms with Crippen LogP contribution in [0.2, 0.25) is 5.02 Å². The van der Waals surface area contributed by atoms with Crippen LogP contribution in [-0.2, 0) is 13.2 Å². The van der Waals surface area contributed by atoms with Crippen LogP contribution in [0, 0.1) is 5.82 Å². The number of aliphatic hydroxyl groups excluding tert-OH is 1. The number of benzene rings is 2. The van der Waals surface area contributed by atoms with Crippen LogP contribution in [-0.4, -0.2) is 38.4 Å². The van der Waals surface area contributed by atoms with Crippen LogP contribution in [0.15, 0.2) is 41.2 Å². The number of amides is 1. The van der Waals surface area contributed by atoms with Gasteiger partial charge in [0.2, 0.25) is 0 Å². The molecule has 2 aromatic carbocycles. The van der Waals surface area contributed by atoms with Crippen molar-refractivity contribution in [2.24, 2.45) is 0 Å². The van der Waals surface area contributed by atoms with E-state index in [1.165, 1.54) is 34.9 Å². The highest BCUT2D eigenvalue weighted by atomic mass is 35.5. The number of hydrogen-bond acceptors (Lipinski definition) is 5. The second-order valence-electron chi connectivity index (χ2n) is 6.45. The summed E-state index contributed by atoms with van der Waals surface area (Å²) in [6.07, 6.45) is -2.83. The zero-order valence-electron chi connectivity index (χ0n) is 16.7. The van der Waals surface area contributed by atoms with Gasteiger partial charge in [0, 0.05) is 12.6 Å². The van der Waals surface area contributed by atoms with Gasteiger partial charge in [-0.05, 0) is 31.2 Å². The topological polar surface area (TPSA) is 98.4 Å². The van der Waals surface area contributed by atoms with Crippen molar-refractivity contribution in [1.82, 2.24) is 14.3 Å². The van der Waals surface area contributed by atoms with Gasteiger partial charge in [0.15, 0.2) is 5.82 Å². The SMILES string of the molecule is CCn1c(CO)nn(-c2ccc(C(=O)Nc3c(F)cccc3Cl)c(OCC(F)F)c2)c1=O. The summed E-state index contributed by atoms with van der Waals surface area (Å²) in [6.45, 7) is 0.414. The van der Waals surface area contributed by atoms with Crippen molar-refractivity contribution >= 4 is 23.2 Å². The minimum Gasteiger partial charge on any atom is -0.487 e. The maximum Gasteiger partial charge on any atom is 0.350 e. The molecule has 32 heavy (non-hydrogen) atoms. The number of para-hydroxylation sites is 1. The summed E-state index contributed by atoms with van der Waals surface area (Å²) >= 11 is 5.92. The lowest BCUT2D eigenvalue weighted by Gasteiger charge is -2.14. The Morgan fingerprint density at radius 3 is 2.66 bits per heavy atom. The molecule has 3 rings (SSSR count). The fourth-order valence-electron chi connectivity index (χ4n) is 2.94. The Hall–Kier alpha value is -3.31. The highest BCUT2D eigenvalue weighted by molar-refractivity contribution is 6.34. The number of ether oxygens (including phenoxy) is 1. The van der Waals surface area contributed by atoms with Gasteiger partial charge in [-0.1, -0.05) is 17.7 Å². The van der Waals surface area contributed by atoms with E-state index in [0.29, 0.717) is 0 Å². The van der Waals surface area contributed by atoms with Crippen LogP contribution in [0.5, 0.6) is 5.75 Å². The summed E-state index contributed by atoms with van der Waals surface area (Å²) in [5.41, 5.74) is -0.944. The number of aliphatic hydroxyl groups is 1. The number of rotatable bonds is 8. The molecule has 0 atom stereocenters. The fraction of sp³-hybridized carbons (Fsp3) is 0.250. The summed E-state index contributed by atoms with van der Waals surface area (Å²) in [5.74, 6) is -1.83. The van der Waals surface area contributed by atoms with Crippen LogP contribution in [0.25, 0.3) is 5.69 Å². The molecule has 170 valence electrons. The van der Waals surface area contributed by atoms with E-state index in [4.69, 9.17) is 16.3 Å². The number of nitrogens with zero attached hydrogens (tertiary/aromatic N) is 3. The van der Waals surface area contributed by atoms with E-state index in [9.17, 15) is 27.9 Å². The van der Waals surface area contributed by atoms with Crippen LogP contribution < -0.4 is 15.7 Å². The first-order valence-electron chi connectivity index (χ1n) is 9.37. The number of nitrogens with one attached hydrogen (secondary N) is 1. The molecule has 1 heterocycles. The van der Waals surface area contributed by atoms with Crippen LogP contribution in [0.3, 0.4) is 0 Å². The van der Waals surface area contributed by atoms with E-state index in [1.54, 1.807) is 6.92 Å². The zero-order valence-corrected chi connectivity index (χ0v) is 17.4. The Balaban J connectivity index is 2.03. The predicted octanol–water partition coefficient (Wildman–Crippen LogP) is 3.23. The molecule has 1 amide bonds. The number of alkyl halides is 2. The molecule has 0 aliphatic rings. The predicted molar refractivity (Wildman–Crippen MR) is 110 cm³/mol. The highest BCUT2D eigenvalue weighted by Gasteiger charge is 2.20. The highest BCUT2D eigenvalue weighted by Crippen LogP contribution is 2.28. The fourth-order valence-corrected chi connectivity index (χ4v) is 3.15. The van der Waals surface area contributed by atoms with Crippen molar-refractivity contribution in [1.29, 1.82) is 0 Å². The van der Waals surface area contributed by atoms with Gasteiger partial charge in [0.25, 0.3) is 12.3 Å². The third kappa shape index (κ3) is 4.78. The van der Waals surface area contributed by atoms with Crippen LogP contribution in [0.4, 0.5) is 18.9 Å². The lowest BCUT2D eigenvalue weighted by atomic mass is 10.1. The minimum absolute atomic E-state index is 0.0572. The Bertz CT molecular complexity index is 1180. The lowest BCUT2D eigenvalue weighted by molar-refractivity contribution is 0.0803. The summed E-state index contributed by atoms with van der Waals surface area (Å²) in [4.78, 5) is 25.3. The second-order valence-corrected chi connectivity index (χ2v) is 6.85. The molecule has 8 nitrogen and oxygen atoms in total. The molecular weight excluding hydrogens is 453 g/mol. The molecule has 0 bridgehead atoms. The lowest BCUT2D eigenvalue weighted by Crippen LogP contribution is -2.24. The van der Waals surface area contributed by atoms with E-state index < -0.39 is 37.1 Å². The van der Waals surface area contributed by atoms with Gasteiger partial charge in [0.05, 0.1) is 22.0 Å². The first-order valence-corrected chi connectivity index (χ1v) is 9.74. The smallest absolute Gasteiger partial charge is 0.350 e. The van der Waals surface area contributed by atoms with Gasteiger partial charge in [0.1, 0.15) is 24.8 Å². The summed E-state index contributed by atoms with van der Waals surface area (Å²) in [6, 6.07) is 7.54. The van der Waals surface area contributed by atoms with E-state index >= 15 is 0 Å². The van der Waals surface area contributed by atoms with Crippen LogP contribution in [0.1, 0.15) is 23.1 Å². The molecule has 1 aromatic heterocycles. The average Bonchev–Trinajstić information content (AvgIpc) is 3.09. The van der Waals surface area contributed by atoms with Gasteiger partial charge in [-0.15, -0.1) is 5.10 Å². The molecule has 0 radical (unpaired) electrons. The standard InChI is InChI=1S/C20H18ClF3N4O4/c1-2-27-17(9-29)26-28(20(27)31)11-6-7-12(15(8-11)32-10-16(23)24)19(30)25-18-13(21)4-3-5-14(18)22/h3-8,16,29H,2,9-10H2,1H3,(H,25,30). The maximum absolute atomic E-state index is 14.0. The Morgan fingerprint density at radius 2 is 2.06 bits per heavy atom. The van der Waals surface area contributed by atoms with E-state index in [-0.39, 0.29) is 40.1 Å². The molecule has 2 N–H and O–H groups in total. The van der Waals surface area contributed by atoms with Crippen molar-refractivity contribution in [2.75, 3.05) is 11.9 Å². The van der Waals surface area contributed by atoms with Gasteiger partial charge in [-0.3, -0.25) is 9.36 Å². The monoisotopic (exact) mass is 470 g/mol. The number of halogens is 4. The molecule has 12 heteroatoms. The van der Waals surface area contributed by atoms with Crippen molar-refractivity contribution in [3.8, 4) is 11.4 Å². The van der Waals surface area contributed by atoms with Crippen molar-refractivity contribution in [2.45, 2.75) is 26.5 Å². The van der Waals surface area contributed by atoms with Crippen molar-refractivity contribution in [3.63, 3.8) is 0 Å². The molecule has 0 aliphatic heterocycles. The minimum atomic E-state index is -2.83. The largest absolute Gasteiger partial charge is 0.487 e. The zero-order chi connectivity index (χ0) is 23.4. The number of carbonyl (C=O) groups is 1. The third-order valence-corrected chi connectivity index (χ3v) is 4.73. The Labute approximate surface area is 184 Å². The molecule has 0 saturated carbocycles. The first-order chi connectivity index (χ1) is 15.3. The van der Waals surface area contributed by atoms with Gasteiger partial charge >= 0.3 is 5.69 Å². The van der Waals surface area contributed by atoms with E-state index in [1.807, 2.05) is 0 Å². The molecule has 0 fully saturated rings. The first kappa shape index (κ1) is 23.4. The van der Waals surface area contributed by atoms with Crippen molar-refractivity contribution in [3.05, 3.63) is 69.1 Å². The molecular formula is C20H18ClF3N4O4. The van der Waals surface area contributed by atoms with Crippen LogP contribution >= 0.6 is 11.6 Å². The average molecular weight is 471 g/mol. The van der Waals surface area contributed by atoms with E-state index in [0.717, 1.165) is 10.7 Å². The third-order valence-electron chi connectivity index (χ3n) is 4.42. The van der Waals surface area contributed by atoms with Gasteiger partial charge in [-0.25, -0.2) is 18.0 Å². The van der Waals surface area contributed by atoms with Crippen molar-refractivity contribution < 1.29 is 27.8 Å². The number of aromatic nitrogens is 3. The molecule has 3 aromatic rings. The summed E-state index contributed by atoms with van der Waals surface area (Å²) < 4.78 is 46.8. The van der Waals surface area contributed by atoms with Gasteiger partial charge in [-0.2, -0.15) is 4.68 Å². The summed E-state index contributed by atoms with van der Waals surface area (Å²) in [5, 5.41) is 15.6. The second kappa shape index (κ2) is 9.88. The van der Waals surface area contributed by atoms with Gasteiger partial charge < -0.3 is 15.2 Å². The molecule has 0 aliphatic carbocycles. The Kier molecular flexibility index (Phi) is 7.21. The number of anilines is 1. The molecule has 0 saturated heterocycles. The van der Waals surface area contributed by atoms with E-state index in [2.05, 4.69) is 10.4 Å². The quantitative estimate of drug-likeness (QED) is 0.526. The molecule has 0 unspecified atom stereocenters.